The molecule has 4 atom stereocenters. The van der Waals surface area contributed by atoms with Gasteiger partial charge in [-0.1, -0.05) is 78.9 Å². The Kier molecular flexibility index (Phi) is 11.6. The van der Waals surface area contributed by atoms with Crippen LogP contribution in [0, 0.1) is 0 Å². The van der Waals surface area contributed by atoms with Gasteiger partial charge >= 0.3 is 12.2 Å². The van der Waals surface area contributed by atoms with E-state index in [1.165, 1.54) is 12.1 Å². The van der Waals surface area contributed by atoms with Crippen molar-refractivity contribution in [2.75, 3.05) is 0 Å². The van der Waals surface area contributed by atoms with Gasteiger partial charge in [0.1, 0.15) is 16.5 Å². The van der Waals surface area contributed by atoms with Gasteiger partial charge in [0.15, 0.2) is 9.84 Å². The zero-order valence-corrected chi connectivity index (χ0v) is 27.0. The SMILES string of the molecule is CC(C)(C)OC(=O)N[C@@H](Cc1ccccc1)C(O)C([C@H](Cc1ccccc1)NC(=O)OC(C)(C)C)S(=O)(=O)c1ccccc1. The van der Waals surface area contributed by atoms with Crippen LogP contribution in [-0.4, -0.2) is 60.4 Å². The lowest BCUT2D eigenvalue weighted by atomic mass is 9.93. The third-order valence-corrected chi connectivity index (χ3v) is 8.83. The first kappa shape index (κ1) is 34.6. The van der Waals surface area contributed by atoms with Crippen molar-refractivity contribution >= 4 is 22.0 Å². The number of benzene rings is 3. The molecule has 3 aromatic rings. The van der Waals surface area contributed by atoms with Crippen molar-refractivity contribution < 1.29 is 32.6 Å². The van der Waals surface area contributed by atoms with E-state index >= 15 is 0 Å². The van der Waals surface area contributed by atoms with Crippen LogP contribution in [0.4, 0.5) is 9.59 Å². The Morgan fingerprint density at radius 3 is 1.43 bits per heavy atom. The molecule has 0 saturated heterocycles. The number of aliphatic hydroxyl groups is 1. The Balaban J connectivity index is 2.16. The van der Waals surface area contributed by atoms with Crippen molar-refractivity contribution in [1.29, 1.82) is 0 Å². The van der Waals surface area contributed by atoms with Crippen LogP contribution in [0.25, 0.3) is 0 Å². The summed E-state index contributed by atoms with van der Waals surface area (Å²) in [5.41, 5.74) is -0.213. The first-order chi connectivity index (χ1) is 20.5. The zero-order valence-electron chi connectivity index (χ0n) is 26.2. The third kappa shape index (κ3) is 10.7. The quantitative estimate of drug-likeness (QED) is 0.258. The number of sulfone groups is 1. The second-order valence-electron chi connectivity index (χ2n) is 12.7. The normalized spacial score (nSPS) is 14.9. The molecule has 3 N–H and O–H groups in total. The molecule has 0 saturated carbocycles. The van der Waals surface area contributed by atoms with E-state index in [-0.39, 0.29) is 17.7 Å². The molecule has 0 fully saturated rings. The Hall–Kier alpha value is -3.89. The smallest absolute Gasteiger partial charge is 0.407 e. The number of rotatable bonds is 11. The van der Waals surface area contributed by atoms with Gasteiger partial charge in [-0.05, 0) is 77.6 Å². The largest absolute Gasteiger partial charge is 0.444 e. The molecule has 2 unspecified atom stereocenters. The molecule has 0 radical (unpaired) electrons. The highest BCUT2D eigenvalue weighted by molar-refractivity contribution is 7.92. The molecular weight excluding hydrogens is 580 g/mol. The maximum Gasteiger partial charge on any atom is 0.407 e. The van der Waals surface area contributed by atoms with Crippen LogP contribution >= 0.6 is 0 Å². The van der Waals surface area contributed by atoms with Gasteiger partial charge in [-0.25, -0.2) is 18.0 Å². The minimum atomic E-state index is -4.33. The van der Waals surface area contributed by atoms with Gasteiger partial charge in [-0.2, -0.15) is 0 Å². The molecule has 0 aromatic heterocycles. The summed E-state index contributed by atoms with van der Waals surface area (Å²) in [5, 5.41) is 16.0. The van der Waals surface area contributed by atoms with Gasteiger partial charge in [0.25, 0.3) is 0 Å². The summed E-state index contributed by atoms with van der Waals surface area (Å²) in [6.07, 6.45) is -3.20. The molecular formula is C34H44N2O7S. The highest BCUT2D eigenvalue weighted by Crippen LogP contribution is 2.27. The van der Waals surface area contributed by atoms with Crippen LogP contribution in [0.3, 0.4) is 0 Å². The summed E-state index contributed by atoms with van der Waals surface area (Å²) in [6.45, 7) is 10.2. The average molecular weight is 625 g/mol. The predicted octanol–water partition coefficient (Wildman–Crippen LogP) is 5.46. The first-order valence-electron chi connectivity index (χ1n) is 14.6. The maximum absolute atomic E-state index is 14.4. The fourth-order valence-corrected chi connectivity index (χ4v) is 6.80. The summed E-state index contributed by atoms with van der Waals surface area (Å²) < 4.78 is 39.9. The second kappa shape index (κ2) is 14.7. The molecule has 0 aliphatic heterocycles. The van der Waals surface area contributed by atoms with E-state index in [2.05, 4.69) is 10.6 Å². The van der Waals surface area contributed by atoms with Crippen LogP contribution in [0.2, 0.25) is 0 Å². The van der Waals surface area contributed by atoms with Crippen LogP contribution < -0.4 is 10.6 Å². The molecule has 3 rings (SSSR count). The van der Waals surface area contributed by atoms with Crippen molar-refractivity contribution in [1.82, 2.24) is 10.6 Å². The summed E-state index contributed by atoms with van der Waals surface area (Å²) in [5.74, 6) is 0. The standard InChI is InChI=1S/C34H44N2O7S/c1-33(2,3)42-31(38)35-27(22-24-16-10-7-11-17-24)29(37)30(44(40,41)26-20-14-9-15-21-26)28(23-25-18-12-8-13-19-25)36-32(39)43-34(4,5)6/h7-21,27-30,37H,22-23H2,1-6H3,(H,35,38)(H,36,39)/t27-,28-,29?,30?/m0/s1. The van der Waals surface area contributed by atoms with E-state index in [1.807, 2.05) is 48.5 Å². The predicted molar refractivity (Wildman–Crippen MR) is 170 cm³/mol. The van der Waals surface area contributed by atoms with Crippen LogP contribution in [0.5, 0.6) is 0 Å². The number of nitrogens with one attached hydrogen (secondary N) is 2. The van der Waals surface area contributed by atoms with E-state index < -0.39 is 56.7 Å². The minimum absolute atomic E-state index is 0.0381. The van der Waals surface area contributed by atoms with E-state index in [0.29, 0.717) is 0 Å². The summed E-state index contributed by atoms with van der Waals surface area (Å²) >= 11 is 0. The van der Waals surface area contributed by atoms with Crippen molar-refractivity contribution in [3.05, 3.63) is 102 Å². The van der Waals surface area contributed by atoms with Crippen molar-refractivity contribution in [3.63, 3.8) is 0 Å². The van der Waals surface area contributed by atoms with Crippen LogP contribution in [-0.2, 0) is 32.2 Å². The van der Waals surface area contributed by atoms with Crippen molar-refractivity contribution in [2.45, 2.75) is 93.9 Å². The maximum atomic E-state index is 14.4. The van der Waals surface area contributed by atoms with Crippen LogP contribution in [0.15, 0.2) is 95.9 Å². The molecule has 0 aliphatic rings. The molecule has 44 heavy (non-hydrogen) atoms. The summed E-state index contributed by atoms with van der Waals surface area (Å²) in [7, 11) is -4.33. The number of hydrogen-bond donors (Lipinski definition) is 3. The Morgan fingerprint density at radius 2 is 1.02 bits per heavy atom. The summed E-state index contributed by atoms with van der Waals surface area (Å²) in [6, 6.07) is 23.6. The third-order valence-electron chi connectivity index (χ3n) is 6.58. The number of amides is 2. The Labute approximate surface area is 260 Å². The molecule has 0 bridgehead atoms. The van der Waals surface area contributed by atoms with E-state index in [4.69, 9.17) is 9.47 Å². The highest BCUT2D eigenvalue weighted by Gasteiger charge is 2.45. The number of alkyl carbamates (subject to hydrolysis) is 2. The molecule has 0 spiro atoms. The van der Waals surface area contributed by atoms with Gasteiger partial charge in [0.2, 0.25) is 0 Å². The summed E-state index contributed by atoms with van der Waals surface area (Å²) in [4.78, 5) is 26.1. The number of hydrogen-bond acceptors (Lipinski definition) is 7. The van der Waals surface area contributed by atoms with Gasteiger partial charge in [0.05, 0.1) is 23.1 Å². The fraction of sp³-hybridized carbons (Fsp3) is 0.412. The fourth-order valence-electron chi connectivity index (χ4n) is 4.79. The molecule has 2 amide bonds. The lowest BCUT2D eigenvalue weighted by molar-refractivity contribution is 0.0371. The number of carbonyl (C=O) groups excluding carboxylic acids is 2. The number of aliphatic hydroxyl groups excluding tert-OH is 1. The molecule has 10 heteroatoms. The minimum Gasteiger partial charge on any atom is -0.444 e. The van der Waals surface area contributed by atoms with Crippen LogP contribution in [0.1, 0.15) is 52.7 Å². The molecule has 9 nitrogen and oxygen atoms in total. The highest BCUT2D eigenvalue weighted by atomic mass is 32.2. The molecule has 0 aliphatic carbocycles. The Bertz CT molecular complexity index is 1450. The second-order valence-corrected chi connectivity index (χ2v) is 14.8. The molecule has 238 valence electrons. The van der Waals surface area contributed by atoms with Gasteiger partial charge in [0, 0.05) is 0 Å². The first-order valence-corrected chi connectivity index (χ1v) is 16.1. The number of carbonyl (C=O) groups is 2. The van der Waals surface area contributed by atoms with Gasteiger partial charge in [-0.15, -0.1) is 0 Å². The van der Waals surface area contributed by atoms with E-state index in [1.54, 1.807) is 71.9 Å². The molecule has 3 aromatic carbocycles. The lowest BCUT2D eigenvalue weighted by Gasteiger charge is -2.36. The zero-order chi connectivity index (χ0) is 32.5. The number of ether oxygens (including phenoxy) is 2. The van der Waals surface area contributed by atoms with Gasteiger partial charge in [-0.3, -0.25) is 0 Å². The Morgan fingerprint density at radius 1 is 0.659 bits per heavy atom. The monoisotopic (exact) mass is 624 g/mol. The molecule has 0 heterocycles. The van der Waals surface area contributed by atoms with Crippen molar-refractivity contribution in [2.24, 2.45) is 0 Å². The topological polar surface area (TPSA) is 131 Å². The van der Waals surface area contributed by atoms with E-state index in [0.717, 1.165) is 11.1 Å². The van der Waals surface area contributed by atoms with Crippen molar-refractivity contribution in [3.8, 4) is 0 Å². The van der Waals surface area contributed by atoms with E-state index in [9.17, 15) is 23.1 Å². The van der Waals surface area contributed by atoms with Gasteiger partial charge < -0.3 is 25.2 Å². The lowest BCUT2D eigenvalue weighted by Crippen LogP contribution is -2.60. The average Bonchev–Trinajstić information content (AvgIpc) is 2.92.